The van der Waals surface area contributed by atoms with E-state index in [2.05, 4.69) is 5.32 Å². The Bertz CT molecular complexity index is 942. The monoisotopic (exact) mass is 346 g/mol. The van der Waals surface area contributed by atoms with Crippen molar-refractivity contribution in [1.29, 1.82) is 0 Å². The van der Waals surface area contributed by atoms with E-state index in [1.54, 1.807) is 20.2 Å². The maximum Gasteiger partial charge on any atom is 0.253 e. The fourth-order valence-corrected chi connectivity index (χ4v) is 2.96. The highest BCUT2D eigenvalue weighted by Crippen LogP contribution is 2.19. The van der Waals surface area contributed by atoms with Crippen molar-refractivity contribution < 1.29 is 9.59 Å². The Morgan fingerprint density at radius 3 is 2.46 bits per heavy atom. The highest BCUT2D eigenvalue weighted by Gasteiger charge is 2.10. The smallest absolute Gasteiger partial charge is 0.253 e. The second-order valence-corrected chi connectivity index (χ2v) is 6.49. The van der Waals surface area contributed by atoms with Gasteiger partial charge < -0.3 is 10.2 Å². The van der Waals surface area contributed by atoms with Gasteiger partial charge in [0.15, 0.2) is 0 Å². The number of hydrogen-bond donors (Lipinski definition) is 1. The molecule has 4 heteroatoms. The zero-order valence-corrected chi connectivity index (χ0v) is 15.0. The van der Waals surface area contributed by atoms with Gasteiger partial charge in [-0.05, 0) is 34.0 Å². The number of hydrogen-bond acceptors (Lipinski definition) is 2. The van der Waals surface area contributed by atoms with Crippen LogP contribution >= 0.6 is 0 Å². The summed E-state index contributed by atoms with van der Waals surface area (Å²) in [6, 6.07) is 21.4. The van der Waals surface area contributed by atoms with Crippen molar-refractivity contribution in [1.82, 2.24) is 10.2 Å². The van der Waals surface area contributed by atoms with Crippen molar-refractivity contribution in [2.24, 2.45) is 0 Å². The minimum Gasteiger partial charge on any atom is -0.352 e. The van der Waals surface area contributed by atoms with Gasteiger partial charge >= 0.3 is 0 Å². The van der Waals surface area contributed by atoms with E-state index in [0.29, 0.717) is 18.5 Å². The summed E-state index contributed by atoms with van der Waals surface area (Å²) in [5, 5.41) is 5.18. The summed E-state index contributed by atoms with van der Waals surface area (Å²) in [4.78, 5) is 25.9. The minimum absolute atomic E-state index is 0.0364. The van der Waals surface area contributed by atoms with Gasteiger partial charge in [0.25, 0.3) is 5.91 Å². The van der Waals surface area contributed by atoms with Gasteiger partial charge in [-0.1, -0.05) is 54.6 Å². The number of rotatable bonds is 5. The molecule has 3 aromatic rings. The molecule has 0 aliphatic heterocycles. The first kappa shape index (κ1) is 17.7. The van der Waals surface area contributed by atoms with Crippen molar-refractivity contribution in [3.63, 3.8) is 0 Å². The molecule has 4 nitrogen and oxygen atoms in total. The molecule has 0 heterocycles. The third kappa shape index (κ3) is 4.09. The summed E-state index contributed by atoms with van der Waals surface area (Å²) in [6.07, 6.45) is 0.331. The summed E-state index contributed by atoms with van der Waals surface area (Å²) >= 11 is 0. The SMILES string of the molecule is CN(C)C(=O)c1cccc(CNC(=O)Cc2cccc3ccccc23)c1. The van der Waals surface area contributed by atoms with E-state index in [1.807, 2.05) is 60.7 Å². The highest BCUT2D eigenvalue weighted by molar-refractivity contribution is 5.94. The fourth-order valence-electron chi connectivity index (χ4n) is 2.96. The van der Waals surface area contributed by atoms with Crippen LogP contribution < -0.4 is 5.32 Å². The molecule has 0 spiro atoms. The minimum atomic E-state index is -0.0473. The van der Waals surface area contributed by atoms with Gasteiger partial charge in [-0.15, -0.1) is 0 Å². The summed E-state index contributed by atoms with van der Waals surface area (Å²) in [6.45, 7) is 0.401. The Morgan fingerprint density at radius 2 is 1.65 bits per heavy atom. The van der Waals surface area contributed by atoms with Gasteiger partial charge in [-0.3, -0.25) is 9.59 Å². The highest BCUT2D eigenvalue weighted by atomic mass is 16.2. The van der Waals surface area contributed by atoms with Crippen LogP contribution in [0.1, 0.15) is 21.5 Å². The summed E-state index contributed by atoms with van der Waals surface area (Å²) in [7, 11) is 3.45. The lowest BCUT2D eigenvalue weighted by molar-refractivity contribution is -0.120. The van der Waals surface area contributed by atoms with E-state index in [-0.39, 0.29) is 11.8 Å². The predicted octanol–water partition coefficient (Wildman–Crippen LogP) is 3.40. The zero-order chi connectivity index (χ0) is 18.5. The first-order valence-corrected chi connectivity index (χ1v) is 8.58. The average molecular weight is 346 g/mol. The lowest BCUT2D eigenvalue weighted by Crippen LogP contribution is -2.25. The van der Waals surface area contributed by atoms with E-state index in [0.717, 1.165) is 21.9 Å². The maximum absolute atomic E-state index is 12.4. The van der Waals surface area contributed by atoms with Crippen molar-refractivity contribution >= 4 is 22.6 Å². The summed E-state index contributed by atoms with van der Waals surface area (Å²) in [5.41, 5.74) is 2.54. The van der Waals surface area contributed by atoms with Gasteiger partial charge in [0.05, 0.1) is 6.42 Å². The molecule has 0 unspecified atom stereocenters. The van der Waals surface area contributed by atoms with Crippen LogP contribution in [0.3, 0.4) is 0 Å². The molecular formula is C22H22N2O2. The molecule has 132 valence electrons. The maximum atomic E-state index is 12.4. The Labute approximate surface area is 153 Å². The standard InChI is InChI=1S/C22H22N2O2/c1-24(2)22(26)19-11-5-7-16(13-19)15-23-21(25)14-18-10-6-9-17-8-3-4-12-20(17)18/h3-13H,14-15H2,1-2H3,(H,23,25). The third-order valence-electron chi connectivity index (χ3n) is 4.30. The molecule has 26 heavy (non-hydrogen) atoms. The van der Waals surface area contributed by atoms with Crippen LogP contribution in [0.5, 0.6) is 0 Å². The van der Waals surface area contributed by atoms with Crippen LogP contribution in [-0.4, -0.2) is 30.8 Å². The van der Waals surface area contributed by atoms with E-state index in [4.69, 9.17) is 0 Å². The number of nitrogens with zero attached hydrogens (tertiary/aromatic N) is 1. The molecule has 2 amide bonds. The second kappa shape index (κ2) is 7.83. The van der Waals surface area contributed by atoms with Gasteiger partial charge in [-0.2, -0.15) is 0 Å². The van der Waals surface area contributed by atoms with Crippen molar-refractivity contribution in [3.8, 4) is 0 Å². The lowest BCUT2D eigenvalue weighted by Gasteiger charge is -2.12. The van der Waals surface area contributed by atoms with Gasteiger partial charge in [0.1, 0.15) is 0 Å². The first-order chi connectivity index (χ1) is 12.5. The van der Waals surface area contributed by atoms with Crippen LogP contribution in [0, 0.1) is 0 Å². The van der Waals surface area contributed by atoms with Crippen LogP contribution in [0.15, 0.2) is 66.7 Å². The van der Waals surface area contributed by atoms with E-state index >= 15 is 0 Å². The number of carbonyl (C=O) groups excluding carboxylic acids is 2. The van der Waals surface area contributed by atoms with Crippen molar-refractivity contribution in [3.05, 3.63) is 83.4 Å². The van der Waals surface area contributed by atoms with Crippen LogP contribution in [0.25, 0.3) is 10.8 Å². The molecular weight excluding hydrogens is 324 g/mol. The van der Waals surface area contributed by atoms with E-state index in [9.17, 15) is 9.59 Å². The molecule has 0 bridgehead atoms. The molecule has 0 aromatic heterocycles. The number of nitrogens with one attached hydrogen (secondary N) is 1. The molecule has 1 N–H and O–H groups in total. The molecule has 3 rings (SSSR count). The largest absolute Gasteiger partial charge is 0.352 e. The number of benzene rings is 3. The Kier molecular flexibility index (Phi) is 5.32. The van der Waals surface area contributed by atoms with Crippen molar-refractivity contribution in [2.45, 2.75) is 13.0 Å². The number of fused-ring (bicyclic) bond motifs is 1. The Morgan fingerprint density at radius 1 is 0.923 bits per heavy atom. The molecule has 0 aliphatic carbocycles. The third-order valence-corrected chi connectivity index (χ3v) is 4.30. The number of amides is 2. The molecule has 0 saturated carbocycles. The van der Waals surface area contributed by atoms with Gasteiger partial charge in [-0.25, -0.2) is 0 Å². The normalized spacial score (nSPS) is 10.5. The van der Waals surface area contributed by atoms with Crippen molar-refractivity contribution in [2.75, 3.05) is 14.1 Å². The molecule has 0 aliphatic rings. The number of carbonyl (C=O) groups is 2. The summed E-state index contributed by atoms with van der Waals surface area (Å²) in [5.74, 6) is -0.0837. The van der Waals surface area contributed by atoms with Gasteiger partial charge in [0.2, 0.25) is 5.91 Å². The Balaban J connectivity index is 1.66. The molecule has 0 saturated heterocycles. The second-order valence-electron chi connectivity index (χ2n) is 6.49. The van der Waals surface area contributed by atoms with Crippen LogP contribution in [0.2, 0.25) is 0 Å². The predicted molar refractivity (Wildman–Crippen MR) is 104 cm³/mol. The van der Waals surface area contributed by atoms with E-state index in [1.165, 1.54) is 4.90 Å². The topological polar surface area (TPSA) is 49.4 Å². The molecule has 0 radical (unpaired) electrons. The summed E-state index contributed by atoms with van der Waals surface area (Å²) < 4.78 is 0. The Hall–Kier alpha value is -3.14. The average Bonchev–Trinajstić information content (AvgIpc) is 2.66. The fraction of sp³-hybridized carbons (Fsp3) is 0.182. The zero-order valence-electron chi connectivity index (χ0n) is 15.0. The van der Waals surface area contributed by atoms with Gasteiger partial charge in [0, 0.05) is 26.2 Å². The first-order valence-electron chi connectivity index (χ1n) is 8.58. The quantitative estimate of drug-likeness (QED) is 0.770. The molecule has 3 aromatic carbocycles. The van der Waals surface area contributed by atoms with E-state index < -0.39 is 0 Å². The van der Waals surface area contributed by atoms with Crippen LogP contribution in [0.4, 0.5) is 0 Å². The molecule has 0 atom stereocenters. The van der Waals surface area contributed by atoms with Crippen LogP contribution in [-0.2, 0) is 17.8 Å². The lowest BCUT2D eigenvalue weighted by atomic mass is 10.0. The molecule has 0 fully saturated rings.